The molecule has 0 aliphatic carbocycles. The van der Waals surface area contributed by atoms with Crippen molar-refractivity contribution in [2.45, 2.75) is 0 Å². The highest BCUT2D eigenvalue weighted by Gasteiger charge is 2.28. The molecule has 1 heterocycles. The smallest absolute Gasteiger partial charge is 0.249 e. The molecule has 100 valence electrons. The Hall–Kier alpha value is -2.16. The number of amides is 1. The van der Waals surface area contributed by atoms with Gasteiger partial charge in [-0.1, -0.05) is 17.7 Å². The van der Waals surface area contributed by atoms with Crippen LogP contribution in [0.1, 0.15) is 9.67 Å². The number of ketones is 1. The van der Waals surface area contributed by atoms with Crippen LogP contribution in [-0.4, -0.2) is 11.7 Å². The highest BCUT2D eigenvalue weighted by Crippen LogP contribution is 2.18. The normalized spacial score (nSPS) is 11.4. The maximum atomic E-state index is 12.0. The van der Waals surface area contributed by atoms with Gasteiger partial charge in [-0.05, 0) is 35.7 Å². The predicted molar refractivity (Wildman–Crippen MR) is 77.8 cm³/mol. The number of anilines is 1. The van der Waals surface area contributed by atoms with Crippen LogP contribution in [0.15, 0.2) is 41.8 Å². The number of Topliss-reactive ketones (excluding diaryl/α,β-unsaturated/α-hetero) is 1. The van der Waals surface area contributed by atoms with E-state index in [1.165, 1.54) is 11.3 Å². The number of hydrogen-bond acceptors (Lipinski definition) is 4. The fourth-order valence-electron chi connectivity index (χ4n) is 1.54. The van der Waals surface area contributed by atoms with Gasteiger partial charge < -0.3 is 5.32 Å². The first-order valence-electron chi connectivity index (χ1n) is 5.65. The number of nitriles is 1. The van der Waals surface area contributed by atoms with E-state index in [1.807, 2.05) is 0 Å². The van der Waals surface area contributed by atoms with Crippen LogP contribution in [0.5, 0.6) is 0 Å². The molecule has 2 rings (SSSR count). The van der Waals surface area contributed by atoms with Crippen molar-refractivity contribution in [3.63, 3.8) is 0 Å². The molecule has 0 bridgehead atoms. The minimum Gasteiger partial charge on any atom is -0.325 e. The molecule has 4 nitrogen and oxygen atoms in total. The number of nitrogens with one attached hydrogen (secondary N) is 1. The highest BCUT2D eigenvalue weighted by atomic mass is 35.5. The van der Waals surface area contributed by atoms with Crippen molar-refractivity contribution in [1.29, 1.82) is 5.26 Å². The van der Waals surface area contributed by atoms with Gasteiger partial charge in [0, 0.05) is 10.7 Å². The van der Waals surface area contributed by atoms with Gasteiger partial charge in [0.2, 0.25) is 5.91 Å². The maximum absolute atomic E-state index is 12.0. The van der Waals surface area contributed by atoms with Crippen LogP contribution in [0.2, 0.25) is 5.02 Å². The fourth-order valence-corrected chi connectivity index (χ4v) is 2.37. The topological polar surface area (TPSA) is 70.0 Å². The van der Waals surface area contributed by atoms with Crippen molar-refractivity contribution in [3.8, 4) is 6.07 Å². The van der Waals surface area contributed by atoms with Crippen LogP contribution in [0, 0.1) is 17.2 Å². The number of nitrogens with zero attached hydrogens (tertiary/aromatic N) is 1. The Morgan fingerprint density at radius 2 is 1.95 bits per heavy atom. The second kappa shape index (κ2) is 6.33. The Kier molecular flexibility index (Phi) is 4.51. The molecule has 1 aromatic heterocycles. The lowest BCUT2D eigenvalue weighted by Crippen LogP contribution is -2.28. The number of hydrogen-bond donors (Lipinski definition) is 1. The summed E-state index contributed by atoms with van der Waals surface area (Å²) >= 11 is 6.94. The summed E-state index contributed by atoms with van der Waals surface area (Å²) in [6.07, 6.45) is 0. The molecule has 0 saturated heterocycles. The second-order valence-corrected chi connectivity index (χ2v) is 5.28. The molecule has 20 heavy (non-hydrogen) atoms. The molecule has 1 N–H and O–H groups in total. The standard InChI is InChI=1S/C14H9ClN2O2S/c15-9-3-5-10(6-4-9)17-14(19)11(8-16)13(18)12-2-1-7-20-12/h1-7,11H,(H,17,19)/t11-/m1/s1. The van der Waals surface area contributed by atoms with Crippen LogP contribution in [0.3, 0.4) is 0 Å². The lowest BCUT2D eigenvalue weighted by atomic mass is 10.0. The van der Waals surface area contributed by atoms with Crippen LogP contribution in [-0.2, 0) is 4.79 Å². The summed E-state index contributed by atoms with van der Waals surface area (Å²) in [5.41, 5.74) is 0.485. The van der Waals surface area contributed by atoms with E-state index in [1.54, 1.807) is 47.8 Å². The van der Waals surface area contributed by atoms with Gasteiger partial charge in [0.05, 0.1) is 10.9 Å². The van der Waals surface area contributed by atoms with Gasteiger partial charge in [-0.2, -0.15) is 5.26 Å². The molecule has 0 spiro atoms. The summed E-state index contributed by atoms with van der Waals surface area (Å²) in [4.78, 5) is 24.4. The minimum absolute atomic E-state index is 0.391. The molecule has 1 aromatic carbocycles. The molecule has 1 amide bonds. The lowest BCUT2D eigenvalue weighted by Gasteiger charge is -2.08. The number of benzene rings is 1. The zero-order chi connectivity index (χ0) is 14.5. The van der Waals surface area contributed by atoms with Crippen molar-refractivity contribution in [2.75, 3.05) is 5.32 Å². The van der Waals surface area contributed by atoms with Gasteiger partial charge in [-0.3, -0.25) is 9.59 Å². The van der Waals surface area contributed by atoms with E-state index in [0.29, 0.717) is 15.6 Å². The molecule has 0 aliphatic rings. The molecule has 0 radical (unpaired) electrons. The molecule has 0 fully saturated rings. The van der Waals surface area contributed by atoms with Gasteiger partial charge in [-0.15, -0.1) is 11.3 Å². The summed E-state index contributed by atoms with van der Waals surface area (Å²) in [6, 6.07) is 11.5. The van der Waals surface area contributed by atoms with Crippen molar-refractivity contribution in [2.24, 2.45) is 5.92 Å². The van der Waals surface area contributed by atoms with E-state index in [0.717, 1.165) is 0 Å². The fraction of sp³-hybridized carbons (Fsp3) is 0.0714. The summed E-state index contributed by atoms with van der Waals surface area (Å²) in [6.45, 7) is 0. The number of thiophene rings is 1. The van der Waals surface area contributed by atoms with Crippen molar-refractivity contribution in [3.05, 3.63) is 51.7 Å². The van der Waals surface area contributed by atoms with Gasteiger partial charge >= 0.3 is 0 Å². The van der Waals surface area contributed by atoms with Crippen molar-refractivity contribution in [1.82, 2.24) is 0 Å². The summed E-state index contributed by atoms with van der Waals surface area (Å²) in [7, 11) is 0. The van der Waals surface area contributed by atoms with Crippen LogP contribution < -0.4 is 5.32 Å². The van der Waals surface area contributed by atoms with E-state index >= 15 is 0 Å². The third kappa shape index (κ3) is 3.23. The third-order valence-corrected chi connectivity index (χ3v) is 3.67. The van der Waals surface area contributed by atoms with Gasteiger partial charge in [0.25, 0.3) is 0 Å². The molecule has 0 saturated carbocycles. The Balaban J connectivity index is 2.12. The van der Waals surface area contributed by atoms with E-state index in [2.05, 4.69) is 5.32 Å². The Morgan fingerprint density at radius 3 is 2.50 bits per heavy atom. The van der Waals surface area contributed by atoms with Crippen molar-refractivity contribution >= 4 is 40.3 Å². The quantitative estimate of drug-likeness (QED) is 0.695. The largest absolute Gasteiger partial charge is 0.325 e. The van der Waals surface area contributed by atoms with Crippen LogP contribution >= 0.6 is 22.9 Å². The first kappa shape index (κ1) is 14.3. The Bertz CT molecular complexity index is 659. The first-order chi connectivity index (χ1) is 9.61. The average Bonchev–Trinajstić information content (AvgIpc) is 2.96. The number of carbonyl (C=O) groups is 2. The van der Waals surface area contributed by atoms with Gasteiger partial charge in [0.1, 0.15) is 0 Å². The molecular weight excluding hydrogens is 296 g/mol. The summed E-state index contributed by atoms with van der Waals surface area (Å²) in [5.74, 6) is -2.49. The molecule has 0 aliphatic heterocycles. The van der Waals surface area contributed by atoms with Crippen LogP contribution in [0.4, 0.5) is 5.69 Å². The molecule has 2 aromatic rings. The Labute approximate surface area is 124 Å². The number of rotatable bonds is 4. The highest BCUT2D eigenvalue weighted by molar-refractivity contribution is 7.12. The number of halogens is 1. The lowest BCUT2D eigenvalue weighted by molar-refractivity contribution is -0.117. The molecular formula is C14H9ClN2O2S. The zero-order valence-electron chi connectivity index (χ0n) is 10.2. The maximum Gasteiger partial charge on any atom is 0.249 e. The van der Waals surface area contributed by atoms with Crippen LogP contribution in [0.25, 0.3) is 0 Å². The van der Waals surface area contributed by atoms with Gasteiger partial charge in [-0.25, -0.2) is 0 Å². The SMILES string of the molecule is N#C[C@@H](C(=O)Nc1ccc(Cl)cc1)C(=O)c1cccs1. The Morgan fingerprint density at radius 1 is 1.25 bits per heavy atom. The van der Waals surface area contributed by atoms with E-state index in [-0.39, 0.29) is 0 Å². The van der Waals surface area contributed by atoms with E-state index in [9.17, 15) is 9.59 Å². The van der Waals surface area contributed by atoms with E-state index < -0.39 is 17.6 Å². The third-order valence-electron chi connectivity index (χ3n) is 2.53. The van der Waals surface area contributed by atoms with Gasteiger partial charge in [0.15, 0.2) is 11.7 Å². The molecule has 6 heteroatoms. The average molecular weight is 305 g/mol. The zero-order valence-corrected chi connectivity index (χ0v) is 11.7. The van der Waals surface area contributed by atoms with Crippen molar-refractivity contribution < 1.29 is 9.59 Å². The van der Waals surface area contributed by atoms with E-state index in [4.69, 9.17) is 16.9 Å². The molecule has 1 atom stereocenters. The summed E-state index contributed by atoms with van der Waals surface area (Å²) < 4.78 is 0. The second-order valence-electron chi connectivity index (χ2n) is 3.90. The molecule has 0 unspecified atom stereocenters. The summed E-state index contributed by atoms with van der Waals surface area (Å²) in [5, 5.41) is 13.8. The monoisotopic (exact) mass is 304 g/mol. The predicted octanol–water partition coefficient (Wildman–Crippen LogP) is 3.36. The number of carbonyl (C=O) groups excluding carboxylic acids is 2. The first-order valence-corrected chi connectivity index (χ1v) is 6.91. The minimum atomic E-state index is -1.36.